The molecule has 0 radical (unpaired) electrons. The van der Waals surface area contributed by atoms with Crippen LogP contribution >= 0.6 is 0 Å². The molecule has 0 atom stereocenters. The average Bonchev–Trinajstić information content (AvgIpc) is 2.15. The lowest BCUT2D eigenvalue weighted by Crippen LogP contribution is -1.81. The molecule has 14 heavy (non-hydrogen) atoms. The Bertz CT molecular complexity index is 226. The number of rotatable bonds is 6. The lowest BCUT2D eigenvalue weighted by molar-refractivity contribution is 0.582. The Morgan fingerprint density at radius 2 is 1.86 bits per heavy atom. The van der Waals surface area contributed by atoms with E-state index in [-0.39, 0.29) is 5.83 Å². The Balaban J connectivity index is 4.41. The highest BCUT2D eigenvalue weighted by atomic mass is 19.1. The molecule has 0 bridgehead atoms. The van der Waals surface area contributed by atoms with Crippen molar-refractivity contribution in [3.8, 4) is 0 Å². The summed E-state index contributed by atoms with van der Waals surface area (Å²) in [5.41, 5.74) is 0.969. The smallest absolute Gasteiger partial charge is 0.100 e. The highest BCUT2D eigenvalue weighted by Gasteiger charge is 1.96. The first-order valence-electron chi connectivity index (χ1n) is 5.27. The van der Waals surface area contributed by atoms with Gasteiger partial charge in [0.25, 0.3) is 0 Å². The van der Waals surface area contributed by atoms with Crippen molar-refractivity contribution >= 4 is 6.21 Å². The summed E-state index contributed by atoms with van der Waals surface area (Å²) in [5, 5.41) is 0. The van der Waals surface area contributed by atoms with Crippen LogP contribution in [0, 0.1) is 0 Å². The van der Waals surface area contributed by atoms with Gasteiger partial charge in [-0.25, -0.2) is 4.39 Å². The van der Waals surface area contributed by atoms with Crippen molar-refractivity contribution in [1.29, 1.82) is 0 Å². The standard InChI is InChI=1S/C12H20FN/c1-4-7-11(10-14-6-3)9-12(13)8-5-2/h6,9-10H,4-5,7-8H2,1-3H3/b11-10-,12-9+,14-6+. The largest absolute Gasteiger partial charge is 0.269 e. The zero-order chi connectivity index (χ0) is 10.8. The molecule has 0 N–H and O–H groups in total. The van der Waals surface area contributed by atoms with Crippen LogP contribution in [-0.4, -0.2) is 6.21 Å². The van der Waals surface area contributed by atoms with Crippen molar-refractivity contribution in [3.05, 3.63) is 23.7 Å². The van der Waals surface area contributed by atoms with Crippen molar-refractivity contribution in [3.63, 3.8) is 0 Å². The highest BCUT2D eigenvalue weighted by Crippen LogP contribution is 2.14. The van der Waals surface area contributed by atoms with E-state index in [2.05, 4.69) is 11.9 Å². The fourth-order valence-corrected chi connectivity index (χ4v) is 1.15. The van der Waals surface area contributed by atoms with Gasteiger partial charge in [-0.3, -0.25) is 4.99 Å². The van der Waals surface area contributed by atoms with E-state index in [0.29, 0.717) is 6.42 Å². The third-order valence-electron chi connectivity index (χ3n) is 1.76. The molecule has 2 heteroatoms. The molecule has 0 amide bonds. The first-order valence-corrected chi connectivity index (χ1v) is 5.27. The Hall–Kier alpha value is -0.920. The molecule has 0 aromatic carbocycles. The number of hydrogen-bond donors (Lipinski definition) is 0. The van der Waals surface area contributed by atoms with Crippen LogP contribution in [0.1, 0.15) is 46.5 Å². The Labute approximate surface area is 86.4 Å². The summed E-state index contributed by atoms with van der Waals surface area (Å²) in [6, 6.07) is 0. The van der Waals surface area contributed by atoms with E-state index in [1.165, 1.54) is 0 Å². The monoisotopic (exact) mass is 197 g/mol. The summed E-state index contributed by atoms with van der Waals surface area (Å²) in [7, 11) is 0. The third-order valence-corrected chi connectivity index (χ3v) is 1.76. The molecule has 80 valence electrons. The normalized spacial score (nSPS) is 14.0. The van der Waals surface area contributed by atoms with Crippen molar-refractivity contribution in [2.24, 2.45) is 4.99 Å². The molecule has 0 unspecified atom stereocenters. The fourth-order valence-electron chi connectivity index (χ4n) is 1.15. The quantitative estimate of drug-likeness (QED) is 0.441. The van der Waals surface area contributed by atoms with Gasteiger partial charge < -0.3 is 0 Å². The number of halogens is 1. The summed E-state index contributed by atoms with van der Waals surface area (Å²) in [5.74, 6) is -0.0431. The van der Waals surface area contributed by atoms with E-state index in [1.54, 1.807) is 18.5 Å². The van der Waals surface area contributed by atoms with E-state index in [9.17, 15) is 4.39 Å². The van der Waals surface area contributed by atoms with Gasteiger partial charge >= 0.3 is 0 Å². The van der Waals surface area contributed by atoms with Crippen molar-refractivity contribution in [2.75, 3.05) is 0 Å². The summed E-state index contributed by atoms with van der Waals surface area (Å²) in [6.07, 6.45) is 8.32. The molecule has 0 saturated carbocycles. The van der Waals surface area contributed by atoms with E-state index in [1.807, 2.05) is 13.8 Å². The average molecular weight is 197 g/mol. The molecule has 0 aromatic heterocycles. The van der Waals surface area contributed by atoms with Gasteiger partial charge in [0, 0.05) is 12.4 Å². The van der Waals surface area contributed by atoms with Crippen LogP contribution in [0.3, 0.4) is 0 Å². The second-order valence-electron chi connectivity index (χ2n) is 3.20. The second-order valence-corrected chi connectivity index (χ2v) is 3.20. The molecule has 0 aliphatic heterocycles. The maximum atomic E-state index is 13.2. The topological polar surface area (TPSA) is 12.4 Å². The molecule has 0 aliphatic rings. The summed E-state index contributed by atoms with van der Waals surface area (Å²) >= 11 is 0. The molecular formula is C12H20FN. The first-order chi connectivity index (χ1) is 6.74. The summed E-state index contributed by atoms with van der Waals surface area (Å²) in [6.45, 7) is 5.90. The Morgan fingerprint density at radius 3 is 2.36 bits per heavy atom. The highest BCUT2D eigenvalue weighted by molar-refractivity contribution is 5.54. The van der Waals surface area contributed by atoms with Crippen LogP contribution in [0.25, 0.3) is 0 Å². The summed E-state index contributed by atoms with van der Waals surface area (Å²) in [4.78, 5) is 4.01. The zero-order valence-electron chi connectivity index (χ0n) is 9.39. The maximum Gasteiger partial charge on any atom is 0.100 e. The molecule has 0 spiro atoms. The van der Waals surface area contributed by atoms with Gasteiger partial charge in [0.05, 0.1) is 0 Å². The SMILES string of the molecule is C/C=N/C=C(\C=C(\F)CCC)CCC. The minimum absolute atomic E-state index is 0.0431. The summed E-state index contributed by atoms with van der Waals surface area (Å²) < 4.78 is 13.2. The van der Waals surface area contributed by atoms with E-state index < -0.39 is 0 Å². The lowest BCUT2D eigenvalue weighted by Gasteiger charge is -1.99. The van der Waals surface area contributed by atoms with Crippen LogP contribution in [0.15, 0.2) is 28.7 Å². The first kappa shape index (κ1) is 13.1. The molecule has 0 aromatic rings. The minimum atomic E-state index is -0.0431. The van der Waals surface area contributed by atoms with E-state index >= 15 is 0 Å². The van der Waals surface area contributed by atoms with Gasteiger partial charge in [-0.05, 0) is 37.8 Å². The molecule has 0 aliphatic carbocycles. The predicted molar refractivity (Wildman–Crippen MR) is 61.3 cm³/mol. The van der Waals surface area contributed by atoms with Crippen LogP contribution in [0.5, 0.6) is 0 Å². The van der Waals surface area contributed by atoms with Crippen LogP contribution < -0.4 is 0 Å². The molecule has 0 saturated heterocycles. The second kappa shape index (κ2) is 8.67. The molecule has 0 heterocycles. The van der Waals surface area contributed by atoms with Gasteiger partial charge in [0.2, 0.25) is 0 Å². The van der Waals surface area contributed by atoms with Crippen molar-refractivity contribution in [2.45, 2.75) is 46.5 Å². The van der Waals surface area contributed by atoms with Gasteiger partial charge in [-0.15, -0.1) is 0 Å². The number of aliphatic imine (C=N–C) groups is 1. The third kappa shape index (κ3) is 6.58. The van der Waals surface area contributed by atoms with Gasteiger partial charge in [-0.1, -0.05) is 20.3 Å². The maximum absolute atomic E-state index is 13.2. The Kier molecular flexibility index (Phi) is 8.10. The predicted octanol–water partition coefficient (Wildman–Crippen LogP) is 4.41. The number of hydrogen-bond acceptors (Lipinski definition) is 1. The van der Waals surface area contributed by atoms with Crippen molar-refractivity contribution < 1.29 is 4.39 Å². The minimum Gasteiger partial charge on any atom is -0.269 e. The van der Waals surface area contributed by atoms with Crippen LogP contribution in [-0.2, 0) is 0 Å². The van der Waals surface area contributed by atoms with Gasteiger partial charge in [0.1, 0.15) is 5.83 Å². The zero-order valence-corrected chi connectivity index (χ0v) is 9.39. The van der Waals surface area contributed by atoms with E-state index in [4.69, 9.17) is 0 Å². The molecule has 0 fully saturated rings. The fraction of sp³-hybridized carbons (Fsp3) is 0.583. The molecule has 0 rings (SSSR count). The molecular weight excluding hydrogens is 177 g/mol. The number of allylic oxidation sites excluding steroid dienone is 3. The molecule has 1 nitrogen and oxygen atoms in total. The van der Waals surface area contributed by atoms with Gasteiger partial charge in [-0.2, -0.15) is 0 Å². The Morgan fingerprint density at radius 1 is 1.21 bits per heavy atom. The van der Waals surface area contributed by atoms with E-state index in [0.717, 1.165) is 24.8 Å². The van der Waals surface area contributed by atoms with Crippen molar-refractivity contribution in [1.82, 2.24) is 0 Å². The van der Waals surface area contributed by atoms with Gasteiger partial charge in [0.15, 0.2) is 0 Å². The number of nitrogens with zero attached hydrogens (tertiary/aromatic N) is 1. The van der Waals surface area contributed by atoms with Crippen LogP contribution in [0.4, 0.5) is 4.39 Å². The lowest BCUT2D eigenvalue weighted by atomic mass is 10.1. The van der Waals surface area contributed by atoms with Crippen LogP contribution in [0.2, 0.25) is 0 Å².